The lowest BCUT2D eigenvalue weighted by Gasteiger charge is -2.09. The van der Waals surface area contributed by atoms with Crippen molar-refractivity contribution in [1.29, 1.82) is 0 Å². The molecular weight excluding hydrogens is 276 g/mol. The molecule has 2 rings (SSSR count). The van der Waals surface area contributed by atoms with Crippen molar-refractivity contribution in [2.75, 3.05) is 0 Å². The van der Waals surface area contributed by atoms with Gasteiger partial charge in [-0.1, -0.05) is 24.3 Å². The molecule has 0 saturated heterocycles. The summed E-state index contributed by atoms with van der Waals surface area (Å²) in [5.74, 6) is 0. The lowest BCUT2D eigenvalue weighted by atomic mass is 10.2. The third kappa shape index (κ3) is 2.97. The number of hydrogen-bond acceptors (Lipinski definition) is 3. The maximum atomic E-state index is 12.2. The highest BCUT2D eigenvalue weighted by Crippen LogP contribution is 2.13. The fourth-order valence-corrected chi connectivity index (χ4v) is 3.15. The molecule has 0 fully saturated rings. The Kier molecular flexibility index (Phi) is 4.06. The standard InChI is InChI=1S/C14H16N2O3S/c1-11-6-3-4-8-13(11)20(18,19)15-10-12-7-5-9-16(2)14(12)17/h3-9,15H,10H2,1-2H3. The van der Waals surface area contributed by atoms with Crippen molar-refractivity contribution in [2.24, 2.45) is 7.05 Å². The predicted octanol–water partition coefficient (Wildman–Crippen LogP) is 1.17. The first-order chi connectivity index (χ1) is 9.42. The third-order valence-electron chi connectivity index (χ3n) is 3.04. The highest BCUT2D eigenvalue weighted by molar-refractivity contribution is 7.89. The first-order valence-electron chi connectivity index (χ1n) is 6.11. The summed E-state index contributed by atoms with van der Waals surface area (Å²) in [6.07, 6.45) is 1.63. The Morgan fingerprint density at radius 3 is 2.55 bits per heavy atom. The largest absolute Gasteiger partial charge is 0.318 e. The van der Waals surface area contributed by atoms with E-state index in [1.54, 1.807) is 56.6 Å². The van der Waals surface area contributed by atoms with Crippen molar-refractivity contribution in [3.8, 4) is 0 Å². The molecular formula is C14H16N2O3S. The fourth-order valence-electron chi connectivity index (χ4n) is 1.90. The van der Waals surface area contributed by atoms with E-state index in [1.807, 2.05) is 0 Å². The van der Waals surface area contributed by atoms with Gasteiger partial charge in [-0.25, -0.2) is 13.1 Å². The molecule has 1 aromatic carbocycles. The number of rotatable bonds is 4. The van der Waals surface area contributed by atoms with Crippen LogP contribution in [0.5, 0.6) is 0 Å². The summed E-state index contributed by atoms with van der Waals surface area (Å²) in [6.45, 7) is 1.71. The zero-order valence-electron chi connectivity index (χ0n) is 11.3. The van der Waals surface area contributed by atoms with Crippen LogP contribution in [0.2, 0.25) is 0 Å². The summed E-state index contributed by atoms with van der Waals surface area (Å²) in [5, 5.41) is 0. The minimum atomic E-state index is -3.62. The summed E-state index contributed by atoms with van der Waals surface area (Å²) < 4.78 is 28.3. The number of nitrogens with zero attached hydrogens (tertiary/aromatic N) is 1. The van der Waals surface area contributed by atoms with E-state index in [9.17, 15) is 13.2 Å². The molecule has 0 saturated carbocycles. The predicted molar refractivity (Wildman–Crippen MR) is 76.9 cm³/mol. The van der Waals surface area contributed by atoms with Gasteiger partial charge >= 0.3 is 0 Å². The lowest BCUT2D eigenvalue weighted by molar-refractivity contribution is 0.580. The maximum absolute atomic E-state index is 12.2. The second-order valence-corrected chi connectivity index (χ2v) is 6.27. The molecule has 0 radical (unpaired) electrons. The Labute approximate surface area is 117 Å². The smallest absolute Gasteiger partial charge is 0.254 e. The second-order valence-electron chi connectivity index (χ2n) is 4.54. The molecule has 2 aromatic rings. The van der Waals surface area contributed by atoms with E-state index in [1.165, 1.54) is 4.57 Å². The van der Waals surface area contributed by atoms with Crippen LogP contribution >= 0.6 is 0 Å². The van der Waals surface area contributed by atoms with Gasteiger partial charge < -0.3 is 4.57 Å². The fraction of sp³-hybridized carbons (Fsp3) is 0.214. The van der Waals surface area contributed by atoms with Crippen molar-refractivity contribution in [3.05, 3.63) is 64.1 Å². The van der Waals surface area contributed by atoms with E-state index in [-0.39, 0.29) is 17.0 Å². The number of nitrogens with one attached hydrogen (secondary N) is 1. The minimum absolute atomic E-state index is 0.0236. The summed E-state index contributed by atoms with van der Waals surface area (Å²) in [6, 6.07) is 10.0. The first-order valence-corrected chi connectivity index (χ1v) is 7.60. The molecule has 0 aliphatic rings. The number of benzene rings is 1. The molecule has 0 unspecified atom stereocenters. The molecule has 20 heavy (non-hydrogen) atoms. The van der Waals surface area contributed by atoms with Crippen molar-refractivity contribution >= 4 is 10.0 Å². The van der Waals surface area contributed by atoms with E-state index in [4.69, 9.17) is 0 Å². The molecule has 0 amide bonds. The van der Waals surface area contributed by atoms with E-state index in [2.05, 4.69) is 4.72 Å². The normalized spacial score (nSPS) is 11.5. The molecule has 0 aliphatic carbocycles. The zero-order valence-corrected chi connectivity index (χ0v) is 12.1. The quantitative estimate of drug-likeness (QED) is 0.920. The molecule has 0 spiro atoms. The van der Waals surface area contributed by atoms with Crippen LogP contribution in [0.3, 0.4) is 0 Å². The Morgan fingerprint density at radius 2 is 1.85 bits per heavy atom. The van der Waals surface area contributed by atoms with Crippen molar-refractivity contribution in [1.82, 2.24) is 9.29 Å². The molecule has 1 N–H and O–H groups in total. The molecule has 0 atom stereocenters. The maximum Gasteiger partial charge on any atom is 0.254 e. The third-order valence-corrected chi connectivity index (χ3v) is 4.60. The van der Waals surface area contributed by atoms with Gasteiger partial charge in [0.1, 0.15) is 0 Å². The van der Waals surface area contributed by atoms with Crippen LogP contribution in [0, 0.1) is 6.92 Å². The van der Waals surface area contributed by atoms with Gasteiger partial charge in [0.15, 0.2) is 0 Å². The molecule has 1 aromatic heterocycles. The Balaban J connectivity index is 2.25. The molecule has 5 nitrogen and oxygen atoms in total. The van der Waals surface area contributed by atoms with Gasteiger partial charge in [-0.3, -0.25) is 4.79 Å². The molecule has 0 aliphatic heterocycles. The Bertz CT molecular complexity index is 779. The van der Waals surface area contributed by atoms with Crippen molar-refractivity contribution in [2.45, 2.75) is 18.4 Å². The first kappa shape index (κ1) is 14.5. The van der Waals surface area contributed by atoms with Gasteiger partial charge in [-0.05, 0) is 24.6 Å². The average molecular weight is 292 g/mol. The van der Waals surface area contributed by atoms with Crippen LogP contribution in [0.4, 0.5) is 0 Å². The monoisotopic (exact) mass is 292 g/mol. The molecule has 6 heteroatoms. The van der Waals surface area contributed by atoms with Gasteiger partial charge in [0.2, 0.25) is 10.0 Å². The number of sulfonamides is 1. The summed E-state index contributed by atoms with van der Waals surface area (Å²) >= 11 is 0. The summed E-state index contributed by atoms with van der Waals surface area (Å²) in [5.41, 5.74) is 0.869. The van der Waals surface area contributed by atoms with E-state index in [0.717, 1.165) is 0 Å². The van der Waals surface area contributed by atoms with Crippen molar-refractivity contribution < 1.29 is 8.42 Å². The number of aryl methyl sites for hydroxylation is 2. The van der Waals surface area contributed by atoms with Gasteiger partial charge in [-0.15, -0.1) is 0 Å². The van der Waals surface area contributed by atoms with Crippen LogP contribution in [0.1, 0.15) is 11.1 Å². The van der Waals surface area contributed by atoms with Gasteiger partial charge in [0.05, 0.1) is 4.90 Å². The highest BCUT2D eigenvalue weighted by Gasteiger charge is 2.16. The number of aromatic nitrogens is 1. The summed E-state index contributed by atoms with van der Waals surface area (Å²) in [7, 11) is -1.99. The molecule has 1 heterocycles. The summed E-state index contributed by atoms with van der Waals surface area (Å²) in [4.78, 5) is 12.0. The Hall–Kier alpha value is -1.92. The average Bonchev–Trinajstić information content (AvgIpc) is 2.41. The number of hydrogen-bond donors (Lipinski definition) is 1. The minimum Gasteiger partial charge on any atom is -0.318 e. The molecule has 106 valence electrons. The van der Waals surface area contributed by atoms with E-state index < -0.39 is 10.0 Å². The van der Waals surface area contributed by atoms with Gasteiger partial charge in [-0.2, -0.15) is 0 Å². The lowest BCUT2D eigenvalue weighted by Crippen LogP contribution is -2.29. The second kappa shape index (κ2) is 5.60. The van der Waals surface area contributed by atoms with Crippen LogP contribution in [0.25, 0.3) is 0 Å². The topological polar surface area (TPSA) is 68.2 Å². The van der Waals surface area contributed by atoms with Crippen LogP contribution in [0.15, 0.2) is 52.3 Å². The zero-order chi connectivity index (χ0) is 14.8. The van der Waals surface area contributed by atoms with Gasteiger partial charge in [0.25, 0.3) is 5.56 Å². The van der Waals surface area contributed by atoms with Crippen LogP contribution < -0.4 is 10.3 Å². The van der Waals surface area contributed by atoms with Gasteiger partial charge in [0, 0.05) is 25.4 Å². The van der Waals surface area contributed by atoms with E-state index in [0.29, 0.717) is 11.1 Å². The highest BCUT2D eigenvalue weighted by atomic mass is 32.2. The van der Waals surface area contributed by atoms with Crippen LogP contribution in [-0.2, 0) is 23.6 Å². The van der Waals surface area contributed by atoms with Crippen molar-refractivity contribution in [3.63, 3.8) is 0 Å². The van der Waals surface area contributed by atoms with E-state index >= 15 is 0 Å². The molecule has 0 bridgehead atoms. The van der Waals surface area contributed by atoms with Crippen LogP contribution in [-0.4, -0.2) is 13.0 Å². The number of pyridine rings is 1. The Morgan fingerprint density at radius 1 is 1.15 bits per heavy atom. The SMILES string of the molecule is Cc1ccccc1S(=O)(=O)NCc1cccn(C)c1=O.